The van der Waals surface area contributed by atoms with Gasteiger partial charge >= 0.3 is 5.97 Å². The van der Waals surface area contributed by atoms with E-state index in [4.69, 9.17) is 4.74 Å². The number of nitrogens with one attached hydrogen (secondary N) is 1. The Balaban J connectivity index is 1.89. The zero-order chi connectivity index (χ0) is 15.8. The van der Waals surface area contributed by atoms with Crippen molar-refractivity contribution < 1.29 is 14.3 Å². The molecule has 4 nitrogen and oxygen atoms in total. The molecule has 0 aromatic heterocycles. The topological polar surface area (TPSA) is 55.4 Å². The predicted molar refractivity (Wildman–Crippen MR) is 86.5 cm³/mol. The first kappa shape index (κ1) is 15.5. The van der Waals surface area contributed by atoms with Crippen LogP contribution in [0.25, 0.3) is 6.08 Å². The summed E-state index contributed by atoms with van der Waals surface area (Å²) in [5, 5.41) is 2.63. The van der Waals surface area contributed by atoms with Crippen LogP contribution in [-0.2, 0) is 9.53 Å². The van der Waals surface area contributed by atoms with Crippen LogP contribution in [0.3, 0.4) is 0 Å². The van der Waals surface area contributed by atoms with E-state index in [-0.39, 0.29) is 12.5 Å². The van der Waals surface area contributed by atoms with E-state index >= 15 is 0 Å². The van der Waals surface area contributed by atoms with Crippen molar-refractivity contribution in [3.05, 3.63) is 71.8 Å². The van der Waals surface area contributed by atoms with Crippen LogP contribution in [0.4, 0.5) is 5.69 Å². The highest BCUT2D eigenvalue weighted by molar-refractivity contribution is 5.93. The SMILES string of the molecule is CC(=O)Nc1cccc(C(=O)OCC=Cc2ccccc2)c1. The average molecular weight is 295 g/mol. The smallest absolute Gasteiger partial charge is 0.338 e. The molecule has 0 saturated heterocycles. The Hall–Kier alpha value is -2.88. The molecule has 2 rings (SSSR count). The van der Waals surface area contributed by atoms with Gasteiger partial charge in [-0.3, -0.25) is 4.79 Å². The van der Waals surface area contributed by atoms with E-state index in [0.717, 1.165) is 5.56 Å². The van der Waals surface area contributed by atoms with Gasteiger partial charge in [-0.05, 0) is 29.8 Å². The van der Waals surface area contributed by atoms with Crippen molar-refractivity contribution >= 4 is 23.6 Å². The third-order valence-corrected chi connectivity index (χ3v) is 2.84. The van der Waals surface area contributed by atoms with Gasteiger partial charge in [0.2, 0.25) is 5.91 Å². The number of esters is 1. The lowest BCUT2D eigenvalue weighted by Crippen LogP contribution is -2.08. The molecule has 2 aromatic carbocycles. The summed E-state index contributed by atoms with van der Waals surface area (Å²) in [6.07, 6.45) is 3.67. The number of hydrogen-bond acceptors (Lipinski definition) is 3. The van der Waals surface area contributed by atoms with Crippen LogP contribution >= 0.6 is 0 Å². The standard InChI is InChI=1S/C18H17NO3/c1-14(20)19-17-11-5-10-16(13-17)18(21)22-12-6-9-15-7-3-2-4-8-15/h2-11,13H,12H2,1H3,(H,19,20). The molecule has 2 aromatic rings. The number of ether oxygens (including phenoxy) is 1. The van der Waals surface area contributed by atoms with Gasteiger partial charge in [0, 0.05) is 12.6 Å². The number of hydrogen-bond donors (Lipinski definition) is 1. The van der Waals surface area contributed by atoms with Crippen molar-refractivity contribution in [3.63, 3.8) is 0 Å². The Morgan fingerprint density at radius 3 is 2.59 bits per heavy atom. The quantitative estimate of drug-likeness (QED) is 0.859. The lowest BCUT2D eigenvalue weighted by molar-refractivity contribution is -0.114. The highest BCUT2D eigenvalue weighted by atomic mass is 16.5. The number of benzene rings is 2. The summed E-state index contributed by atoms with van der Waals surface area (Å²) in [7, 11) is 0. The van der Waals surface area contributed by atoms with Gasteiger partial charge in [0.1, 0.15) is 6.61 Å². The largest absolute Gasteiger partial charge is 0.458 e. The molecule has 112 valence electrons. The molecule has 0 atom stereocenters. The molecule has 22 heavy (non-hydrogen) atoms. The van der Waals surface area contributed by atoms with Gasteiger partial charge in [0.25, 0.3) is 0 Å². The second kappa shape index (κ2) is 7.78. The maximum Gasteiger partial charge on any atom is 0.338 e. The fourth-order valence-electron chi connectivity index (χ4n) is 1.88. The minimum Gasteiger partial charge on any atom is -0.458 e. The first-order chi connectivity index (χ1) is 10.6. The van der Waals surface area contributed by atoms with E-state index in [1.165, 1.54) is 6.92 Å². The van der Waals surface area contributed by atoms with Crippen LogP contribution < -0.4 is 5.32 Å². The first-order valence-electron chi connectivity index (χ1n) is 6.91. The Labute approximate surface area is 129 Å². The number of carbonyl (C=O) groups excluding carboxylic acids is 2. The summed E-state index contributed by atoms with van der Waals surface area (Å²) in [5.41, 5.74) is 2.02. The van der Waals surface area contributed by atoms with Gasteiger partial charge < -0.3 is 10.1 Å². The lowest BCUT2D eigenvalue weighted by atomic mass is 10.2. The lowest BCUT2D eigenvalue weighted by Gasteiger charge is -2.05. The van der Waals surface area contributed by atoms with Crippen LogP contribution in [0.5, 0.6) is 0 Å². The molecule has 0 saturated carbocycles. The Morgan fingerprint density at radius 1 is 1.09 bits per heavy atom. The minimum atomic E-state index is -0.426. The van der Waals surface area contributed by atoms with Crippen molar-refractivity contribution in [2.45, 2.75) is 6.92 Å². The van der Waals surface area contributed by atoms with Crippen LogP contribution in [0.15, 0.2) is 60.7 Å². The zero-order valence-electron chi connectivity index (χ0n) is 12.3. The highest BCUT2D eigenvalue weighted by Gasteiger charge is 2.07. The number of carbonyl (C=O) groups is 2. The van der Waals surface area contributed by atoms with E-state index in [1.807, 2.05) is 36.4 Å². The maximum absolute atomic E-state index is 11.9. The first-order valence-corrected chi connectivity index (χ1v) is 6.91. The Bertz CT molecular complexity index is 678. The summed E-state index contributed by atoms with van der Waals surface area (Å²) in [6.45, 7) is 1.61. The maximum atomic E-state index is 11.9. The number of rotatable bonds is 5. The molecule has 0 radical (unpaired) electrons. The van der Waals surface area contributed by atoms with Crippen LogP contribution in [-0.4, -0.2) is 18.5 Å². The zero-order valence-corrected chi connectivity index (χ0v) is 12.3. The average Bonchev–Trinajstić information content (AvgIpc) is 2.52. The minimum absolute atomic E-state index is 0.184. The molecular formula is C18H17NO3. The van der Waals surface area contributed by atoms with Gasteiger partial charge in [-0.2, -0.15) is 0 Å². The van der Waals surface area contributed by atoms with Gasteiger partial charge in [-0.25, -0.2) is 4.79 Å². The van der Waals surface area contributed by atoms with E-state index in [0.29, 0.717) is 11.3 Å². The van der Waals surface area contributed by atoms with Crippen LogP contribution in [0.1, 0.15) is 22.8 Å². The molecule has 0 heterocycles. The summed E-state index contributed by atoms with van der Waals surface area (Å²) < 4.78 is 5.17. The van der Waals surface area contributed by atoms with Crippen molar-refractivity contribution in [3.8, 4) is 0 Å². The number of anilines is 1. The molecule has 0 fully saturated rings. The van der Waals surface area contributed by atoms with Gasteiger partial charge in [0.05, 0.1) is 5.56 Å². The molecule has 0 unspecified atom stereocenters. The fourth-order valence-corrected chi connectivity index (χ4v) is 1.88. The molecule has 1 N–H and O–H groups in total. The van der Waals surface area contributed by atoms with E-state index in [2.05, 4.69) is 5.32 Å². The molecule has 0 aliphatic heterocycles. The summed E-state index contributed by atoms with van der Waals surface area (Å²) in [5.74, 6) is -0.610. The third kappa shape index (κ3) is 4.90. The number of amides is 1. The molecule has 0 bridgehead atoms. The van der Waals surface area contributed by atoms with Crippen molar-refractivity contribution in [2.75, 3.05) is 11.9 Å². The molecule has 4 heteroatoms. The third-order valence-electron chi connectivity index (χ3n) is 2.84. The van der Waals surface area contributed by atoms with Crippen LogP contribution in [0.2, 0.25) is 0 Å². The summed E-state index contributed by atoms with van der Waals surface area (Å²) in [4.78, 5) is 22.9. The molecule has 0 aliphatic rings. The molecular weight excluding hydrogens is 278 g/mol. The Morgan fingerprint density at radius 2 is 1.86 bits per heavy atom. The normalized spacial score (nSPS) is 10.4. The van der Waals surface area contributed by atoms with Crippen molar-refractivity contribution in [1.29, 1.82) is 0 Å². The second-order valence-electron chi connectivity index (χ2n) is 4.67. The summed E-state index contributed by atoms with van der Waals surface area (Å²) in [6, 6.07) is 16.4. The van der Waals surface area contributed by atoms with Gasteiger partial charge in [-0.15, -0.1) is 0 Å². The molecule has 1 amide bonds. The van der Waals surface area contributed by atoms with Crippen molar-refractivity contribution in [2.24, 2.45) is 0 Å². The van der Waals surface area contributed by atoms with E-state index in [9.17, 15) is 9.59 Å². The fraction of sp³-hybridized carbons (Fsp3) is 0.111. The van der Waals surface area contributed by atoms with Gasteiger partial charge in [0.15, 0.2) is 0 Å². The van der Waals surface area contributed by atoms with E-state index < -0.39 is 5.97 Å². The van der Waals surface area contributed by atoms with E-state index in [1.54, 1.807) is 30.3 Å². The van der Waals surface area contributed by atoms with Gasteiger partial charge in [-0.1, -0.05) is 42.5 Å². The summed E-state index contributed by atoms with van der Waals surface area (Å²) >= 11 is 0. The predicted octanol–water partition coefficient (Wildman–Crippen LogP) is 3.52. The molecule has 0 spiro atoms. The van der Waals surface area contributed by atoms with Crippen molar-refractivity contribution in [1.82, 2.24) is 0 Å². The Kier molecular flexibility index (Phi) is 5.49. The highest BCUT2D eigenvalue weighted by Crippen LogP contribution is 2.11. The molecule has 0 aliphatic carbocycles. The second-order valence-corrected chi connectivity index (χ2v) is 4.67. The monoisotopic (exact) mass is 295 g/mol. The van der Waals surface area contributed by atoms with Crippen LogP contribution in [0, 0.1) is 0 Å².